The molecule has 2 aliphatic rings. The molecule has 1 saturated carbocycles. The topological polar surface area (TPSA) is 84.2 Å². The normalized spacial score (nSPS) is 18.5. The first-order chi connectivity index (χ1) is 13.5. The molecule has 2 aromatic heterocycles. The first kappa shape index (κ1) is 16.9. The van der Waals surface area contributed by atoms with Crippen molar-refractivity contribution in [2.75, 3.05) is 5.32 Å². The summed E-state index contributed by atoms with van der Waals surface area (Å²) in [5, 5.41) is 12.8. The zero-order chi connectivity index (χ0) is 19.4. The van der Waals surface area contributed by atoms with Gasteiger partial charge in [0.05, 0.1) is 22.9 Å². The summed E-state index contributed by atoms with van der Waals surface area (Å²) >= 11 is 0. The van der Waals surface area contributed by atoms with E-state index in [-0.39, 0.29) is 23.0 Å². The average molecular weight is 379 g/mol. The van der Waals surface area contributed by atoms with Crippen molar-refractivity contribution in [2.24, 2.45) is 0 Å². The SMILES string of the molecule is O=C(O)c1cn(C2CC2)c2cc(C3CCc4ncccc4N3)c(F)cc2c1=O. The molecule has 1 unspecified atom stereocenters. The van der Waals surface area contributed by atoms with Crippen LogP contribution >= 0.6 is 0 Å². The van der Waals surface area contributed by atoms with E-state index in [9.17, 15) is 19.1 Å². The Bertz CT molecular complexity index is 1180. The van der Waals surface area contributed by atoms with Crippen LogP contribution in [0.1, 0.15) is 53.0 Å². The van der Waals surface area contributed by atoms with Gasteiger partial charge in [0, 0.05) is 29.4 Å². The molecule has 7 heteroatoms. The Morgan fingerprint density at radius 3 is 2.86 bits per heavy atom. The van der Waals surface area contributed by atoms with E-state index < -0.39 is 17.2 Å². The minimum absolute atomic E-state index is 0.117. The van der Waals surface area contributed by atoms with Crippen LogP contribution in [0.25, 0.3) is 10.9 Å². The highest BCUT2D eigenvalue weighted by Crippen LogP contribution is 2.39. The summed E-state index contributed by atoms with van der Waals surface area (Å²) in [6.07, 6.45) is 6.41. The number of hydrogen-bond donors (Lipinski definition) is 2. The number of carboxylic acid groups (broad SMARTS) is 1. The molecule has 2 N–H and O–H groups in total. The van der Waals surface area contributed by atoms with Crippen LogP contribution in [0.3, 0.4) is 0 Å². The van der Waals surface area contributed by atoms with Gasteiger partial charge < -0.3 is 15.0 Å². The van der Waals surface area contributed by atoms with Gasteiger partial charge in [-0.1, -0.05) is 0 Å². The molecule has 0 bridgehead atoms. The number of aromatic nitrogens is 2. The number of fused-ring (bicyclic) bond motifs is 2. The third-order valence-corrected chi connectivity index (χ3v) is 5.59. The maximum atomic E-state index is 15.0. The second-order valence-electron chi connectivity index (χ2n) is 7.44. The molecule has 5 rings (SSSR count). The van der Waals surface area contributed by atoms with Gasteiger partial charge in [0.25, 0.3) is 0 Å². The van der Waals surface area contributed by atoms with E-state index in [1.807, 2.05) is 16.7 Å². The van der Waals surface area contributed by atoms with Gasteiger partial charge in [-0.15, -0.1) is 0 Å². The van der Waals surface area contributed by atoms with Crippen LogP contribution in [0.4, 0.5) is 10.1 Å². The first-order valence-corrected chi connectivity index (χ1v) is 9.35. The number of benzene rings is 1. The maximum Gasteiger partial charge on any atom is 0.341 e. The molecule has 1 aliphatic heterocycles. The van der Waals surface area contributed by atoms with Gasteiger partial charge in [-0.05, 0) is 49.9 Å². The Balaban J connectivity index is 1.67. The number of rotatable bonds is 3. The molecule has 28 heavy (non-hydrogen) atoms. The van der Waals surface area contributed by atoms with Crippen molar-refractivity contribution in [3.8, 4) is 0 Å². The van der Waals surface area contributed by atoms with E-state index >= 15 is 0 Å². The van der Waals surface area contributed by atoms with Gasteiger partial charge in [-0.25, -0.2) is 9.18 Å². The molecule has 1 aliphatic carbocycles. The van der Waals surface area contributed by atoms with Crippen molar-refractivity contribution in [1.29, 1.82) is 0 Å². The summed E-state index contributed by atoms with van der Waals surface area (Å²) in [7, 11) is 0. The van der Waals surface area contributed by atoms with Crippen molar-refractivity contribution in [1.82, 2.24) is 9.55 Å². The molecule has 3 heterocycles. The molecule has 0 saturated heterocycles. The number of carboxylic acids is 1. The predicted molar refractivity (Wildman–Crippen MR) is 102 cm³/mol. The Kier molecular flexibility index (Phi) is 3.72. The standard InChI is InChI=1S/C21H18FN3O3/c22-15-8-13-19(25(11-3-4-11)10-14(20(13)26)21(27)28)9-12(15)16-5-6-17-18(24-16)2-1-7-23-17/h1-2,7-11,16,24H,3-6H2,(H,27,28). The molecule has 6 nitrogen and oxygen atoms in total. The van der Waals surface area contributed by atoms with Crippen LogP contribution in [0, 0.1) is 5.82 Å². The molecule has 3 aromatic rings. The molecule has 0 radical (unpaired) electrons. The smallest absolute Gasteiger partial charge is 0.341 e. The van der Waals surface area contributed by atoms with Crippen LogP contribution in [-0.4, -0.2) is 20.6 Å². The summed E-state index contributed by atoms with van der Waals surface area (Å²) in [4.78, 5) is 28.4. The number of halogens is 1. The second kappa shape index (κ2) is 6.15. The molecule has 0 amide bonds. The van der Waals surface area contributed by atoms with Gasteiger partial charge in [-0.3, -0.25) is 9.78 Å². The molecule has 1 atom stereocenters. The van der Waals surface area contributed by atoms with E-state index in [1.54, 1.807) is 12.3 Å². The van der Waals surface area contributed by atoms with E-state index in [4.69, 9.17) is 0 Å². The largest absolute Gasteiger partial charge is 0.477 e. The minimum Gasteiger partial charge on any atom is -0.477 e. The lowest BCUT2D eigenvalue weighted by Crippen LogP contribution is -2.22. The van der Waals surface area contributed by atoms with Gasteiger partial charge in [-0.2, -0.15) is 0 Å². The number of anilines is 1. The van der Waals surface area contributed by atoms with Crippen molar-refractivity contribution in [3.05, 3.63) is 69.5 Å². The lowest BCUT2D eigenvalue weighted by Gasteiger charge is -2.27. The Hall–Kier alpha value is -3.22. The van der Waals surface area contributed by atoms with Gasteiger partial charge >= 0.3 is 5.97 Å². The van der Waals surface area contributed by atoms with Crippen molar-refractivity contribution in [2.45, 2.75) is 37.8 Å². The van der Waals surface area contributed by atoms with Gasteiger partial charge in [0.1, 0.15) is 11.4 Å². The number of pyridine rings is 2. The highest BCUT2D eigenvalue weighted by atomic mass is 19.1. The van der Waals surface area contributed by atoms with Crippen molar-refractivity contribution < 1.29 is 14.3 Å². The van der Waals surface area contributed by atoms with Gasteiger partial charge in [0.2, 0.25) is 5.43 Å². The number of aryl methyl sites for hydroxylation is 1. The van der Waals surface area contributed by atoms with Crippen LogP contribution in [0.5, 0.6) is 0 Å². The third kappa shape index (κ3) is 2.66. The first-order valence-electron chi connectivity index (χ1n) is 9.35. The number of aromatic carboxylic acids is 1. The summed E-state index contributed by atoms with van der Waals surface area (Å²) in [5.41, 5.74) is 1.96. The Morgan fingerprint density at radius 1 is 1.29 bits per heavy atom. The highest BCUT2D eigenvalue weighted by molar-refractivity contribution is 5.93. The zero-order valence-electron chi connectivity index (χ0n) is 15.0. The molecular formula is C21H18FN3O3. The van der Waals surface area contributed by atoms with Crippen molar-refractivity contribution in [3.63, 3.8) is 0 Å². The number of nitrogens with zero attached hydrogens (tertiary/aromatic N) is 2. The van der Waals surface area contributed by atoms with Gasteiger partial charge in [0.15, 0.2) is 0 Å². The summed E-state index contributed by atoms with van der Waals surface area (Å²) < 4.78 is 16.8. The number of nitrogens with one attached hydrogen (secondary N) is 1. The lowest BCUT2D eigenvalue weighted by molar-refractivity contribution is 0.0695. The molecule has 1 fully saturated rings. The zero-order valence-corrected chi connectivity index (χ0v) is 15.0. The fraction of sp³-hybridized carbons (Fsp3) is 0.286. The average Bonchev–Trinajstić information content (AvgIpc) is 3.53. The van der Waals surface area contributed by atoms with E-state index in [0.29, 0.717) is 17.5 Å². The third-order valence-electron chi connectivity index (χ3n) is 5.59. The highest BCUT2D eigenvalue weighted by Gasteiger charge is 2.29. The van der Waals surface area contributed by atoms with Crippen LogP contribution in [0.15, 0.2) is 41.5 Å². The lowest BCUT2D eigenvalue weighted by atomic mass is 9.94. The van der Waals surface area contributed by atoms with Crippen molar-refractivity contribution >= 4 is 22.6 Å². The van der Waals surface area contributed by atoms with E-state index in [0.717, 1.165) is 30.6 Å². The molecule has 0 spiro atoms. The number of hydrogen-bond acceptors (Lipinski definition) is 4. The summed E-state index contributed by atoms with van der Waals surface area (Å²) in [6, 6.07) is 6.58. The Labute approximate surface area is 159 Å². The molecule has 1 aromatic carbocycles. The fourth-order valence-corrected chi connectivity index (χ4v) is 4.00. The quantitative estimate of drug-likeness (QED) is 0.725. The van der Waals surface area contributed by atoms with E-state index in [1.165, 1.54) is 12.3 Å². The molecule has 142 valence electrons. The minimum atomic E-state index is -1.29. The monoisotopic (exact) mass is 379 g/mol. The summed E-state index contributed by atoms with van der Waals surface area (Å²) in [5.74, 6) is -1.79. The predicted octanol–water partition coefficient (Wildman–Crippen LogP) is 3.67. The summed E-state index contributed by atoms with van der Waals surface area (Å²) in [6.45, 7) is 0. The van der Waals surface area contributed by atoms with Crippen LogP contribution < -0.4 is 10.7 Å². The second-order valence-corrected chi connectivity index (χ2v) is 7.44. The van der Waals surface area contributed by atoms with Crippen LogP contribution in [-0.2, 0) is 6.42 Å². The van der Waals surface area contributed by atoms with E-state index in [2.05, 4.69) is 10.3 Å². The van der Waals surface area contributed by atoms with Crippen LogP contribution in [0.2, 0.25) is 0 Å². The Morgan fingerprint density at radius 2 is 2.11 bits per heavy atom. The molecular weight excluding hydrogens is 361 g/mol. The fourth-order valence-electron chi connectivity index (χ4n) is 4.00. The number of carbonyl (C=O) groups is 1. The maximum absolute atomic E-state index is 15.0.